The van der Waals surface area contributed by atoms with Crippen LogP contribution in [0.2, 0.25) is 0 Å². The summed E-state index contributed by atoms with van der Waals surface area (Å²) in [6, 6.07) is 0. The van der Waals surface area contributed by atoms with Gasteiger partial charge in [0.25, 0.3) is 0 Å². The summed E-state index contributed by atoms with van der Waals surface area (Å²) in [5.74, 6) is 0. The van der Waals surface area contributed by atoms with Crippen molar-refractivity contribution < 1.29 is 21.1 Å². The third kappa shape index (κ3) is 1.54. The maximum absolute atomic E-state index is 1.50. The van der Waals surface area contributed by atoms with Crippen LogP contribution in [0.3, 0.4) is 0 Å². The number of hydrogen-bond donors (Lipinski definition) is 0. The fraction of sp³-hybridized carbons (Fsp3) is 1.00. The summed E-state index contributed by atoms with van der Waals surface area (Å²) in [7, 11) is 0. The van der Waals surface area contributed by atoms with Gasteiger partial charge in [-0.15, -0.1) is 0 Å². The van der Waals surface area contributed by atoms with E-state index in [-0.39, 0.29) is 21.1 Å². The van der Waals surface area contributed by atoms with Crippen molar-refractivity contribution >= 4 is 0 Å². The SMILES string of the molecule is C1CCC1.[W]. The summed E-state index contributed by atoms with van der Waals surface area (Å²) in [5, 5.41) is 0. The Morgan fingerprint density at radius 3 is 0.800 bits per heavy atom. The summed E-state index contributed by atoms with van der Waals surface area (Å²) in [6.07, 6.45) is 6.00. The average molecular weight is 240 g/mol. The van der Waals surface area contributed by atoms with Gasteiger partial charge in [0, 0.05) is 21.1 Å². The molecule has 5 heavy (non-hydrogen) atoms. The van der Waals surface area contributed by atoms with Gasteiger partial charge < -0.3 is 0 Å². The van der Waals surface area contributed by atoms with Crippen molar-refractivity contribution in [2.24, 2.45) is 0 Å². The van der Waals surface area contributed by atoms with Crippen molar-refractivity contribution in [3.63, 3.8) is 0 Å². The van der Waals surface area contributed by atoms with Crippen molar-refractivity contribution in [1.82, 2.24) is 0 Å². The number of hydrogen-bond acceptors (Lipinski definition) is 0. The minimum absolute atomic E-state index is 0. The van der Waals surface area contributed by atoms with Crippen LogP contribution in [0.4, 0.5) is 0 Å². The smallest absolute Gasteiger partial charge is 0 e. The van der Waals surface area contributed by atoms with Gasteiger partial charge >= 0.3 is 0 Å². The molecule has 1 saturated carbocycles. The van der Waals surface area contributed by atoms with Crippen molar-refractivity contribution in [2.75, 3.05) is 0 Å². The summed E-state index contributed by atoms with van der Waals surface area (Å²) in [6.45, 7) is 0. The maximum Gasteiger partial charge on any atom is 0 e. The third-order valence-electron chi connectivity index (χ3n) is 1.000. The van der Waals surface area contributed by atoms with E-state index >= 15 is 0 Å². The van der Waals surface area contributed by atoms with Gasteiger partial charge in [0.1, 0.15) is 0 Å². The van der Waals surface area contributed by atoms with Crippen molar-refractivity contribution in [3.05, 3.63) is 0 Å². The van der Waals surface area contributed by atoms with E-state index in [0.29, 0.717) is 0 Å². The fourth-order valence-corrected chi connectivity index (χ4v) is 0.250. The Morgan fingerprint density at radius 1 is 0.600 bits per heavy atom. The van der Waals surface area contributed by atoms with E-state index in [1.54, 1.807) is 0 Å². The molecule has 0 aromatic heterocycles. The van der Waals surface area contributed by atoms with E-state index in [2.05, 4.69) is 0 Å². The summed E-state index contributed by atoms with van der Waals surface area (Å²) in [4.78, 5) is 0. The van der Waals surface area contributed by atoms with Crippen LogP contribution in [0.5, 0.6) is 0 Å². The summed E-state index contributed by atoms with van der Waals surface area (Å²) in [5.41, 5.74) is 0. The third-order valence-corrected chi connectivity index (χ3v) is 1.000. The molecule has 0 unspecified atom stereocenters. The molecule has 0 amide bonds. The van der Waals surface area contributed by atoms with Gasteiger partial charge in [-0.25, -0.2) is 0 Å². The molecule has 0 heterocycles. The molecular weight excluding hydrogens is 232 g/mol. The van der Waals surface area contributed by atoms with E-state index in [0.717, 1.165) is 0 Å². The molecule has 0 radical (unpaired) electrons. The topological polar surface area (TPSA) is 0 Å². The average Bonchev–Trinajstić information content (AvgIpc) is 0.722. The molecule has 0 aromatic rings. The van der Waals surface area contributed by atoms with Gasteiger partial charge in [-0.05, 0) is 0 Å². The zero-order valence-corrected chi connectivity index (χ0v) is 6.17. The Kier molecular flexibility index (Phi) is 3.30. The van der Waals surface area contributed by atoms with Crippen LogP contribution in [0.1, 0.15) is 25.7 Å². The molecule has 1 aliphatic rings. The standard InChI is InChI=1S/C4H8.W/c1-2-4-3-1;/h1-4H2;. The molecule has 1 rings (SSSR count). The van der Waals surface area contributed by atoms with Crippen LogP contribution < -0.4 is 0 Å². The molecule has 1 aliphatic carbocycles. The first-order valence-electron chi connectivity index (χ1n) is 2.00. The molecule has 1 heteroatoms. The zero-order chi connectivity index (χ0) is 2.83. The van der Waals surface area contributed by atoms with Crippen LogP contribution in [0.25, 0.3) is 0 Å². The Labute approximate surface area is 47.2 Å². The molecule has 0 aliphatic heterocycles. The summed E-state index contributed by atoms with van der Waals surface area (Å²) >= 11 is 0. The van der Waals surface area contributed by atoms with Crippen molar-refractivity contribution in [1.29, 1.82) is 0 Å². The molecule has 0 aromatic carbocycles. The molecule has 30 valence electrons. The van der Waals surface area contributed by atoms with Crippen LogP contribution in [0.15, 0.2) is 0 Å². The van der Waals surface area contributed by atoms with E-state index < -0.39 is 0 Å². The Bertz CT molecular complexity index is 11.6. The van der Waals surface area contributed by atoms with Crippen LogP contribution in [0, 0.1) is 0 Å². The predicted molar refractivity (Wildman–Crippen MR) is 18.5 cm³/mol. The van der Waals surface area contributed by atoms with Gasteiger partial charge in [0.15, 0.2) is 0 Å². The van der Waals surface area contributed by atoms with Crippen molar-refractivity contribution in [2.45, 2.75) is 25.7 Å². The molecule has 0 spiro atoms. The molecule has 0 saturated heterocycles. The number of rotatable bonds is 0. The molecule has 0 atom stereocenters. The first-order valence-corrected chi connectivity index (χ1v) is 2.00. The molecule has 0 N–H and O–H groups in total. The van der Waals surface area contributed by atoms with E-state index in [1.165, 1.54) is 25.7 Å². The van der Waals surface area contributed by atoms with Crippen LogP contribution in [-0.4, -0.2) is 0 Å². The molecule has 0 bridgehead atoms. The van der Waals surface area contributed by atoms with E-state index in [4.69, 9.17) is 0 Å². The van der Waals surface area contributed by atoms with Gasteiger partial charge in [-0.3, -0.25) is 0 Å². The Morgan fingerprint density at radius 2 is 0.800 bits per heavy atom. The minimum Gasteiger partial charge on any atom is -0.0533 e. The fourth-order valence-electron chi connectivity index (χ4n) is 0.250. The minimum atomic E-state index is 0. The summed E-state index contributed by atoms with van der Waals surface area (Å²) < 4.78 is 0. The van der Waals surface area contributed by atoms with Gasteiger partial charge in [-0.1, -0.05) is 25.7 Å². The monoisotopic (exact) mass is 240 g/mol. The van der Waals surface area contributed by atoms with Gasteiger partial charge in [0.05, 0.1) is 0 Å². The second-order valence-electron chi connectivity index (χ2n) is 1.41. The second-order valence-corrected chi connectivity index (χ2v) is 1.41. The second kappa shape index (κ2) is 2.90. The Hall–Kier alpha value is 0.688. The largest absolute Gasteiger partial charge is 0.0533 e. The normalized spacial score (nSPS) is 19.2. The zero-order valence-electron chi connectivity index (χ0n) is 3.24. The first kappa shape index (κ1) is 5.69. The van der Waals surface area contributed by atoms with E-state index in [9.17, 15) is 0 Å². The van der Waals surface area contributed by atoms with Gasteiger partial charge in [-0.2, -0.15) is 0 Å². The van der Waals surface area contributed by atoms with E-state index in [1.807, 2.05) is 0 Å². The maximum atomic E-state index is 1.50. The molecule has 1 fully saturated rings. The van der Waals surface area contributed by atoms with Gasteiger partial charge in [0.2, 0.25) is 0 Å². The Balaban J connectivity index is 0.000000160. The van der Waals surface area contributed by atoms with Crippen LogP contribution in [-0.2, 0) is 21.1 Å². The predicted octanol–water partition coefficient (Wildman–Crippen LogP) is 1.56. The quantitative estimate of drug-likeness (QED) is 0.602. The van der Waals surface area contributed by atoms with Crippen molar-refractivity contribution in [3.8, 4) is 0 Å². The van der Waals surface area contributed by atoms with Crippen LogP contribution >= 0.6 is 0 Å². The molecular formula is C4H8W. The molecule has 0 nitrogen and oxygen atoms in total. The first-order chi connectivity index (χ1) is 2.00.